The molecular weight excluding hydrogens is 260 g/mol. The van der Waals surface area contributed by atoms with Crippen molar-refractivity contribution in [3.63, 3.8) is 0 Å². The van der Waals surface area contributed by atoms with Gasteiger partial charge in [-0.3, -0.25) is 4.40 Å². The molecule has 0 aliphatic carbocycles. The summed E-state index contributed by atoms with van der Waals surface area (Å²) in [6.45, 7) is 0. The molecule has 0 aliphatic heterocycles. The van der Waals surface area contributed by atoms with Crippen molar-refractivity contribution in [3.8, 4) is 17.1 Å². The number of hydrogen-bond donors (Lipinski definition) is 0. The molecule has 0 radical (unpaired) electrons. The number of rotatable bonds is 2. The van der Waals surface area contributed by atoms with Crippen LogP contribution in [-0.2, 0) is 0 Å². The Kier molecular flexibility index (Phi) is 2.64. The van der Waals surface area contributed by atoms with Crippen LogP contribution in [0.2, 0.25) is 0 Å². The van der Waals surface area contributed by atoms with Crippen molar-refractivity contribution in [3.05, 3.63) is 66.9 Å². The first-order chi connectivity index (χ1) is 10.4. The molecule has 0 aliphatic rings. The van der Waals surface area contributed by atoms with Gasteiger partial charge in [-0.15, -0.1) is 0 Å². The van der Waals surface area contributed by atoms with E-state index in [9.17, 15) is 0 Å². The predicted octanol–water partition coefficient (Wildman–Crippen LogP) is 4.16. The molecule has 0 amide bonds. The number of aromatic nitrogens is 2. The third kappa shape index (κ3) is 1.86. The lowest BCUT2D eigenvalue weighted by Crippen LogP contribution is -1.92. The van der Waals surface area contributed by atoms with Gasteiger partial charge < -0.3 is 4.74 Å². The van der Waals surface area contributed by atoms with Gasteiger partial charge in [0.2, 0.25) is 0 Å². The Morgan fingerprint density at radius 3 is 2.52 bits per heavy atom. The average molecular weight is 274 g/mol. The maximum atomic E-state index is 5.22. The van der Waals surface area contributed by atoms with E-state index < -0.39 is 0 Å². The van der Waals surface area contributed by atoms with Crippen LogP contribution in [0, 0.1) is 0 Å². The molecule has 2 heterocycles. The van der Waals surface area contributed by atoms with E-state index in [0.29, 0.717) is 0 Å². The molecule has 102 valence electrons. The lowest BCUT2D eigenvalue weighted by atomic mass is 10.2. The van der Waals surface area contributed by atoms with Crippen LogP contribution in [0.4, 0.5) is 0 Å². The second kappa shape index (κ2) is 4.63. The number of benzene rings is 2. The molecule has 0 saturated carbocycles. The van der Waals surface area contributed by atoms with Gasteiger partial charge in [-0.25, -0.2) is 4.98 Å². The fourth-order valence-electron chi connectivity index (χ4n) is 2.69. The lowest BCUT2D eigenvalue weighted by molar-refractivity contribution is 0.415. The summed E-state index contributed by atoms with van der Waals surface area (Å²) < 4.78 is 7.41. The van der Waals surface area contributed by atoms with Crippen LogP contribution in [0.5, 0.6) is 5.75 Å². The van der Waals surface area contributed by atoms with Gasteiger partial charge >= 0.3 is 0 Å². The summed E-state index contributed by atoms with van der Waals surface area (Å²) >= 11 is 0. The van der Waals surface area contributed by atoms with Crippen molar-refractivity contribution in [2.24, 2.45) is 0 Å². The summed E-state index contributed by atoms with van der Waals surface area (Å²) in [5.41, 5.74) is 3.34. The number of ether oxygens (including phenoxy) is 1. The van der Waals surface area contributed by atoms with Crippen molar-refractivity contribution in [2.45, 2.75) is 0 Å². The average Bonchev–Trinajstić information content (AvgIpc) is 2.99. The smallest absolute Gasteiger partial charge is 0.144 e. The number of methoxy groups -OCH3 is 1. The zero-order valence-corrected chi connectivity index (χ0v) is 11.7. The number of hydrogen-bond acceptors (Lipinski definition) is 2. The van der Waals surface area contributed by atoms with Crippen molar-refractivity contribution >= 4 is 16.4 Å². The number of nitrogens with zero attached hydrogens (tertiary/aromatic N) is 2. The maximum absolute atomic E-state index is 5.22. The van der Waals surface area contributed by atoms with Crippen LogP contribution in [0.25, 0.3) is 27.8 Å². The van der Waals surface area contributed by atoms with E-state index in [1.165, 1.54) is 10.9 Å². The first-order valence-electron chi connectivity index (χ1n) is 6.86. The van der Waals surface area contributed by atoms with Gasteiger partial charge in [0, 0.05) is 5.56 Å². The summed E-state index contributed by atoms with van der Waals surface area (Å²) in [4.78, 5) is 4.59. The largest absolute Gasteiger partial charge is 0.497 e. The lowest BCUT2D eigenvalue weighted by Gasteiger charge is -2.07. The van der Waals surface area contributed by atoms with Crippen LogP contribution in [0.3, 0.4) is 0 Å². The number of fused-ring (bicyclic) bond motifs is 3. The van der Waals surface area contributed by atoms with Gasteiger partial charge in [0.1, 0.15) is 11.6 Å². The second-order valence-corrected chi connectivity index (χ2v) is 4.96. The molecule has 3 heteroatoms. The molecule has 0 unspecified atom stereocenters. The first-order valence-corrected chi connectivity index (χ1v) is 6.86. The van der Waals surface area contributed by atoms with Crippen molar-refractivity contribution in [1.29, 1.82) is 0 Å². The highest BCUT2D eigenvalue weighted by Crippen LogP contribution is 2.26. The maximum Gasteiger partial charge on any atom is 0.144 e. The van der Waals surface area contributed by atoms with Gasteiger partial charge in [0.05, 0.1) is 24.3 Å². The molecule has 4 rings (SSSR count). The monoisotopic (exact) mass is 274 g/mol. The predicted molar refractivity (Wildman–Crippen MR) is 84.7 cm³/mol. The van der Waals surface area contributed by atoms with Gasteiger partial charge in [0.15, 0.2) is 0 Å². The topological polar surface area (TPSA) is 26.5 Å². The summed E-state index contributed by atoms with van der Waals surface area (Å²) in [5.74, 6) is 1.80. The molecule has 0 atom stereocenters. The normalized spacial score (nSPS) is 11.1. The van der Waals surface area contributed by atoms with E-state index in [-0.39, 0.29) is 0 Å². The van der Waals surface area contributed by atoms with Crippen LogP contribution in [-0.4, -0.2) is 16.5 Å². The molecule has 0 bridgehead atoms. The quantitative estimate of drug-likeness (QED) is 0.548. The van der Waals surface area contributed by atoms with E-state index in [0.717, 1.165) is 22.7 Å². The summed E-state index contributed by atoms with van der Waals surface area (Å²) in [7, 11) is 1.67. The van der Waals surface area contributed by atoms with Crippen molar-refractivity contribution in [1.82, 2.24) is 9.38 Å². The third-order valence-electron chi connectivity index (χ3n) is 3.75. The van der Waals surface area contributed by atoms with Crippen LogP contribution in [0.15, 0.2) is 66.9 Å². The Morgan fingerprint density at radius 2 is 1.71 bits per heavy atom. The van der Waals surface area contributed by atoms with Crippen molar-refractivity contribution < 1.29 is 4.74 Å². The Balaban J connectivity index is 2.01. The highest BCUT2D eigenvalue weighted by molar-refractivity contribution is 5.84. The van der Waals surface area contributed by atoms with Crippen LogP contribution in [0.1, 0.15) is 0 Å². The molecule has 0 spiro atoms. The zero-order chi connectivity index (χ0) is 14.2. The second-order valence-electron chi connectivity index (χ2n) is 4.96. The molecule has 21 heavy (non-hydrogen) atoms. The van der Waals surface area contributed by atoms with E-state index >= 15 is 0 Å². The van der Waals surface area contributed by atoms with E-state index in [1.54, 1.807) is 7.11 Å². The Morgan fingerprint density at radius 1 is 0.905 bits per heavy atom. The van der Waals surface area contributed by atoms with Gasteiger partial charge in [-0.1, -0.05) is 24.3 Å². The van der Waals surface area contributed by atoms with Crippen molar-refractivity contribution in [2.75, 3.05) is 7.11 Å². The SMILES string of the molecule is COc1ccc(-c2ncc3ccc4ccccc4n23)cc1. The Hall–Kier alpha value is -2.81. The minimum Gasteiger partial charge on any atom is -0.497 e. The summed E-state index contributed by atoms with van der Waals surface area (Å²) in [5, 5.41) is 1.21. The van der Waals surface area contributed by atoms with Gasteiger partial charge in [-0.2, -0.15) is 0 Å². The fraction of sp³-hybridized carbons (Fsp3) is 0.0556. The van der Waals surface area contributed by atoms with E-state index in [2.05, 4.69) is 45.8 Å². The molecule has 0 fully saturated rings. The third-order valence-corrected chi connectivity index (χ3v) is 3.75. The molecule has 0 saturated heterocycles. The highest BCUT2D eigenvalue weighted by atomic mass is 16.5. The van der Waals surface area contributed by atoms with Crippen LogP contribution < -0.4 is 4.74 Å². The van der Waals surface area contributed by atoms with Gasteiger partial charge in [0.25, 0.3) is 0 Å². The molecule has 2 aromatic heterocycles. The number of imidazole rings is 1. The standard InChI is InChI=1S/C18H14N2O/c1-21-16-10-7-14(8-11-16)18-19-12-15-9-6-13-4-2-3-5-17(13)20(15)18/h2-12H,1H3. The molecular formula is C18H14N2O. The summed E-state index contributed by atoms with van der Waals surface area (Å²) in [6, 6.07) is 20.6. The van der Waals surface area contributed by atoms with E-state index in [1.807, 2.05) is 30.5 Å². The molecule has 2 aromatic carbocycles. The number of para-hydroxylation sites is 1. The van der Waals surface area contributed by atoms with Gasteiger partial charge in [-0.05, 0) is 41.8 Å². The minimum absolute atomic E-state index is 0.851. The molecule has 4 aromatic rings. The van der Waals surface area contributed by atoms with E-state index in [4.69, 9.17) is 4.74 Å². The summed E-state index contributed by atoms with van der Waals surface area (Å²) in [6.07, 6.45) is 1.91. The first kappa shape index (κ1) is 12.0. The molecule has 3 nitrogen and oxygen atoms in total. The number of pyridine rings is 1. The highest BCUT2D eigenvalue weighted by Gasteiger charge is 2.09. The Bertz CT molecular complexity index is 923. The van der Waals surface area contributed by atoms with Crippen LogP contribution >= 0.6 is 0 Å². The fourth-order valence-corrected chi connectivity index (χ4v) is 2.69. The minimum atomic E-state index is 0.851. The Labute approximate surface area is 122 Å². The molecule has 0 N–H and O–H groups in total. The zero-order valence-electron chi connectivity index (χ0n) is 11.7.